The molecular weight excluding hydrogens is 324 g/mol. The summed E-state index contributed by atoms with van der Waals surface area (Å²) in [6.45, 7) is 2.13. The monoisotopic (exact) mass is 344 g/mol. The van der Waals surface area contributed by atoms with Crippen molar-refractivity contribution >= 4 is 17.3 Å². The van der Waals surface area contributed by atoms with Gasteiger partial charge in [-0.1, -0.05) is 6.07 Å². The lowest BCUT2D eigenvalue weighted by atomic mass is 10.2. The molecule has 0 saturated heterocycles. The van der Waals surface area contributed by atoms with Gasteiger partial charge in [0.1, 0.15) is 17.2 Å². The maximum absolute atomic E-state index is 12.0. The van der Waals surface area contributed by atoms with Crippen molar-refractivity contribution in [1.82, 2.24) is 0 Å². The summed E-state index contributed by atoms with van der Waals surface area (Å²) in [5.41, 5.74) is 0.858. The van der Waals surface area contributed by atoms with Gasteiger partial charge in [0.2, 0.25) is 5.91 Å². The molecule has 0 aromatic heterocycles. The van der Waals surface area contributed by atoms with E-state index in [0.717, 1.165) is 11.3 Å². The number of ether oxygens (including phenoxy) is 2. The number of nitro groups is 1. The first kappa shape index (κ1) is 18.3. The van der Waals surface area contributed by atoms with Gasteiger partial charge in [-0.15, -0.1) is 0 Å². The predicted molar refractivity (Wildman–Crippen MR) is 94.2 cm³/mol. The van der Waals surface area contributed by atoms with Crippen LogP contribution in [0.1, 0.15) is 18.4 Å². The van der Waals surface area contributed by atoms with Crippen LogP contribution in [0.15, 0.2) is 42.5 Å². The number of nitrogens with one attached hydrogen (secondary N) is 1. The molecule has 2 rings (SSSR count). The van der Waals surface area contributed by atoms with Crippen molar-refractivity contribution in [1.29, 1.82) is 0 Å². The largest absolute Gasteiger partial charge is 0.497 e. The topological polar surface area (TPSA) is 90.7 Å². The first-order valence-electron chi connectivity index (χ1n) is 7.81. The number of carbonyl (C=O) groups excluding carboxylic acids is 1. The first-order chi connectivity index (χ1) is 12.0. The fourth-order valence-corrected chi connectivity index (χ4v) is 2.21. The van der Waals surface area contributed by atoms with Gasteiger partial charge in [-0.25, -0.2) is 0 Å². The molecule has 0 atom stereocenters. The Morgan fingerprint density at radius 2 is 1.84 bits per heavy atom. The standard InChI is InChI=1S/C18H20N2O5/c1-13-5-10-16(17(12-13)20(22)23)19-18(21)4-3-11-25-15-8-6-14(24-2)7-9-15/h5-10,12H,3-4,11H2,1-2H3,(H,19,21). The lowest BCUT2D eigenvalue weighted by molar-refractivity contribution is -0.384. The van der Waals surface area contributed by atoms with E-state index in [9.17, 15) is 14.9 Å². The Kier molecular flexibility index (Phi) is 6.33. The van der Waals surface area contributed by atoms with Crippen LogP contribution in [0.5, 0.6) is 11.5 Å². The van der Waals surface area contributed by atoms with Crippen molar-refractivity contribution in [2.45, 2.75) is 19.8 Å². The lowest BCUT2D eigenvalue weighted by Gasteiger charge is -2.08. The van der Waals surface area contributed by atoms with Gasteiger partial charge in [-0.3, -0.25) is 14.9 Å². The Bertz CT molecular complexity index is 744. The maximum atomic E-state index is 12.0. The van der Waals surface area contributed by atoms with E-state index in [1.807, 2.05) is 0 Å². The summed E-state index contributed by atoms with van der Waals surface area (Å²) < 4.78 is 10.6. The summed E-state index contributed by atoms with van der Waals surface area (Å²) >= 11 is 0. The van der Waals surface area contributed by atoms with E-state index in [-0.39, 0.29) is 23.7 Å². The zero-order chi connectivity index (χ0) is 18.2. The molecule has 0 saturated carbocycles. The summed E-state index contributed by atoms with van der Waals surface area (Å²) in [5, 5.41) is 13.6. The maximum Gasteiger partial charge on any atom is 0.293 e. The second-order valence-electron chi connectivity index (χ2n) is 5.45. The van der Waals surface area contributed by atoms with Crippen LogP contribution in [0, 0.1) is 17.0 Å². The third-order valence-electron chi connectivity index (χ3n) is 3.50. The summed E-state index contributed by atoms with van der Waals surface area (Å²) in [6, 6.07) is 11.8. The molecule has 25 heavy (non-hydrogen) atoms. The zero-order valence-electron chi connectivity index (χ0n) is 14.2. The molecule has 1 N–H and O–H groups in total. The molecule has 0 heterocycles. The molecule has 0 spiro atoms. The number of benzene rings is 2. The molecule has 0 unspecified atom stereocenters. The highest BCUT2D eigenvalue weighted by molar-refractivity contribution is 5.93. The molecule has 2 aromatic rings. The molecule has 0 bridgehead atoms. The number of rotatable bonds is 8. The molecular formula is C18H20N2O5. The molecule has 0 radical (unpaired) electrons. The number of nitrogens with zero attached hydrogens (tertiary/aromatic N) is 1. The molecule has 0 aliphatic heterocycles. The van der Waals surface area contributed by atoms with Crippen molar-refractivity contribution in [3.05, 3.63) is 58.1 Å². The Morgan fingerprint density at radius 1 is 1.16 bits per heavy atom. The molecule has 0 aliphatic carbocycles. The Labute approximate surface area is 145 Å². The average molecular weight is 344 g/mol. The molecule has 1 amide bonds. The molecule has 0 fully saturated rings. The number of anilines is 1. The highest BCUT2D eigenvalue weighted by Gasteiger charge is 2.15. The van der Waals surface area contributed by atoms with Crippen LogP contribution >= 0.6 is 0 Å². The molecule has 7 nitrogen and oxygen atoms in total. The van der Waals surface area contributed by atoms with Crippen LogP contribution in [0.3, 0.4) is 0 Å². The predicted octanol–water partition coefficient (Wildman–Crippen LogP) is 3.71. The van der Waals surface area contributed by atoms with E-state index in [1.54, 1.807) is 50.4 Å². The van der Waals surface area contributed by atoms with Gasteiger partial charge in [0.25, 0.3) is 5.69 Å². The number of hydrogen-bond donors (Lipinski definition) is 1. The van der Waals surface area contributed by atoms with Crippen molar-refractivity contribution in [2.24, 2.45) is 0 Å². The summed E-state index contributed by atoms with van der Waals surface area (Å²) in [7, 11) is 1.59. The second-order valence-corrected chi connectivity index (χ2v) is 5.45. The van der Waals surface area contributed by atoms with Gasteiger partial charge >= 0.3 is 0 Å². The average Bonchev–Trinajstić information content (AvgIpc) is 2.60. The van der Waals surface area contributed by atoms with Gasteiger partial charge < -0.3 is 14.8 Å². The van der Waals surface area contributed by atoms with Crippen molar-refractivity contribution in [3.8, 4) is 11.5 Å². The van der Waals surface area contributed by atoms with Gasteiger partial charge in [-0.2, -0.15) is 0 Å². The minimum atomic E-state index is -0.505. The van der Waals surface area contributed by atoms with Crippen LogP contribution in [0.25, 0.3) is 0 Å². The van der Waals surface area contributed by atoms with Gasteiger partial charge in [0.05, 0.1) is 18.6 Å². The fraction of sp³-hybridized carbons (Fsp3) is 0.278. The summed E-state index contributed by atoms with van der Waals surface area (Å²) in [4.78, 5) is 22.5. The van der Waals surface area contributed by atoms with Crippen LogP contribution in [0.2, 0.25) is 0 Å². The van der Waals surface area contributed by atoms with Crippen LogP contribution in [-0.2, 0) is 4.79 Å². The van der Waals surface area contributed by atoms with E-state index in [4.69, 9.17) is 9.47 Å². The minimum absolute atomic E-state index is 0.108. The fourth-order valence-electron chi connectivity index (χ4n) is 2.21. The third kappa shape index (κ3) is 5.49. The van der Waals surface area contributed by atoms with Gasteiger partial charge in [0, 0.05) is 12.5 Å². The SMILES string of the molecule is COc1ccc(OCCCC(=O)Nc2ccc(C)cc2[N+](=O)[O-])cc1. The van der Waals surface area contributed by atoms with Crippen molar-refractivity contribution in [3.63, 3.8) is 0 Å². The number of methoxy groups -OCH3 is 1. The zero-order valence-corrected chi connectivity index (χ0v) is 14.2. The number of nitro benzene ring substituents is 1. The van der Waals surface area contributed by atoms with Crippen molar-refractivity contribution < 1.29 is 19.2 Å². The Morgan fingerprint density at radius 3 is 2.48 bits per heavy atom. The number of hydrogen-bond acceptors (Lipinski definition) is 5. The van der Waals surface area contributed by atoms with E-state index >= 15 is 0 Å². The smallest absolute Gasteiger partial charge is 0.293 e. The number of amides is 1. The second kappa shape index (κ2) is 8.68. The molecule has 2 aromatic carbocycles. The van der Waals surface area contributed by atoms with Gasteiger partial charge in [0.15, 0.2) is 0 Å². The molecule has 0 aliphatic rings. The van der Waals surface area contributed by atoms with E-state index in [0.29, 0.717) is 18.8 Å². The normalized spacial score (nSPS) is 10.2. The van der Waals surface area contributed by atoms with Crippen LogP contribution < -0.4 is 14.8 Å². The van der Waals surface area contributed by atoms with Crippen LogP contribution in [-0.4, -0.2) is 24.5 Å². The van der Waals surface area contributed by atoms with E-state index in [1.165, 1.54) is 6.07 Å². The number of carbonyl (C=O) groups is 1. The lowest BCUT2D eigenvalue weighted by Crippen LogP contribution is -2.14. The highest BCUT2D eigenvalue weighted by atomic mass is 16.6. The van der Waals surface area contributed by atoms with Gasteiger partial charge in [-0.05, 0) is 49.2 Å². The van der Waals surface area contributed by atoms with Crippen LogP contribution in [0.4, 0.5) is 11.4 Å². The van der Waals surface area contributed by atoms with Crippen molar-refractivity contribution in [2.75, 3.05) is 19.0 Å². The number of aryl methyl sites for hydroxylation is 1. The third-order valence-corrected chi connectivity index (χ3v) is 3.50. The van der Waals surface area contributed by atoms with E-state index in [2.05, 4.69) is 5.32 Å². The summed E-state index contributed by atoms with van der Waals surface area (Å²) in [6.07, 6.45) is 0.707. The minimum Gasteiger partial charge on any atom is -0.497 e. The molecule has 132 valence electrons. The first-order valence-corrected chi connectivity index (χ1v) is 7.81. The highest BCUT2D eigenvalue weighted by Crippen LogP contribution is 2.25. The quantitative estimate of drug-likeness (QED) is 0.448. The van der Waals surface area contributed by atoms with E-state index < -0.39 is 4.92 Å². The Balaban J connectivity index is 1.80. The molecule has 7 heteroatoms. The summed E-state index contributed by atoms with van der Waals surface area (Å²) in [5.74, 6) is 1.15. The Hall–Kier alpha value is -3.09.